The summed E-state index contributed by atoms with van der Waals surface area (Å²) in [5.41, 5.74) is 7.43. The van der Waals surface area contributed by atoms with Crippen LogP contribution in [0, 0.1) is 0 Å². The molecule has 0 amide bonds. The van der Waals surface area contributed by atoms with Crippen LogP contribution in [0.2, 0.25) is 0 Å². The van der Waals surface area contributed by atoms with E-state index in [-0.39, 0.29) is 0 Å². The Labute approximate surface area is 93.2 Å². The molecule has 0 spiro atoms. The molecule has 2 rings (SSSR count). The first-order valence-corrected chi connectivity index (χ1v) is 4.77. The molecule has 0 saturated heterocycles. The summed E-state index contributed by atoms with van der Waals surface area (Å²) in [4.78, 5) is 0. The fraction of sp³-hybridized carbons (Fsp3) is 0.182. The van der Waals surface area contributed by atoms with Gasteiger partial charge in [0.2, 0.25) is 0 Å². The van der Waals surface area contributed by atoms with Gasteiger partial charge in [0.15, 0.2) is 0 Å². The zero-order valence-electron chi connectivity index (χ0n) is 9.15. The number of nitrogens with two attached hydrogens (primary N) is 1. The van der Waals surface area contributed by atoms with Gasteiger partial charge in [0.1, 0.15) is 17.3 Å². The lowest BCUT2D eigenvalue weighted by atomic mass is 10.1. The maximum atomic E-state index is 5.77. The van der Waals surface area contributed by atoms with Crippen molar-refractivity contribution in [2.45, 2.75) is 0 Å². The number of hydrogen-bond donors (Lipinski definition) is 2. The van der Waals surface area contributed by atoms with Crippen molar-refractivity contribution in [3.05, 3.63) is 24.4 Å². The number of nitrogens with one attached hydrogen (secondary N) is 1. The highest BCUT2D eigenvalue weighted by Gasteiger charge is 2.11. The molecule has 0 aliphatic heterocycles. The maximum absolute atomic E-state index is 5.77. The van der Waals surface area contributed by atoms with Crippen molar-refractivity contribution in [3.8, 4) is 22.6 Å². The molecule has 0 saturated carbocycles. The molecule has 5 nitrogen and oxygen atoms in total. The van der Waals surface area contributed by atoms with Crippen LogP contribution in [0.4, 0.5) is 5.82 Å². The topological polar surface area (TPSA) is 73.2 Å². The Morgan fingerprint density at radius 1 is 1.19 bits per heavy atom. The molecule has 3 N–H and O–H groups in total. The Balaban J connectivity index is 2.57. The van der Waals surface area contributed by atoms with Gasteiger partial charge < -0.3 is 15.2 Å². The summed E-state index contributed by atoms with van der Waals surface area (Å²) in [7, 11) is 3.23. The Bertz CT molecular complexity index is 494. The predicted molar refractivity (Wildman–Crippen MR) is 61.5 cm³/mol. The molecule has 84 valence electrons. The summed E-state index contributed by atoms with van der Waals surface area (Å²) >= 11 is 0. The molecule has 0 aliphatic carbocycles. The first-order chi connectivity index (χ1) is 7.76. The van der Waals surface area contributed by atoms with Gasteiger partial charge in [0.05, 0.1) is 20.4 Å². The molecule has 2 aromatic rings. The van der Waals surface area contributed by atoms with Crippen LogP contribution in [0.1, 0.15) is 0 Å². The van der Waals surface area contributed by atoms with Crippen molar-refractivity contribution < 1.29 is 9.47 Å². The fourth-order valence-electron chi connectivity index (χ4n) is 1.54. The summed E-state index contributed by atoms with van der Waals surface area (Å²) in [6.07, 6.45) is 1.66. The second-order valence-electron chi connectivity index (χ2n) is 3.26. The Kier molecular flexibility index (Phi) is 2.68. The van der Waals surface area contributed by atoms with Crippen LogP contribution in [0.15, 0.2) is 24.4 Å². The molecule has 0 unspecified atom stereocenters. The number of nitrogens with zero attached hydrogens (tertiary/aromatic N) is 1. The number of benzene rings is 1. The van der Waals surface area contributed by atoms with E-state index in [0.29, 0.717) is 5.82 Å². The van der Waals surface area contributed by atoms with Crippen molar-refractivity contribution in [3.63, 3.8) is 0 Å². The van der Waals surface area contributed by atoms with Crippen LogP contribution in [-0.4, -0.2) is 24.4 Å². The molecule has 0 aliphatic rings. The summed E-state index contributed by atoms with van der Waals surface area (Å²) in [6.45, 7) is 0. The molecule has 1 aromatic carbocycles. The molecular formula is C11H13N3O2. The first-order valence-electron chi connectivity index (χ1n) is 4.77. The van der Waals surface area contributed by atoms with Gasteiger partial charge in [-0.1, -0.05) is 0 Å². The Morgan fingerprint density at radius 3 is 2.56 bits per heavy atom. The lowest BCUT2D eigenvalue weighted by molar-refractivity contribution is 0.404. The second-order valence-corrected chi connectivity index (χ2v) is 3.26. The normalized spacial score (nSPS) is 10.1. The molecule has 0 bridgehead atoms. The zero-order valence-corrected chi connectivity index (χ0v) is 9.15. The maximum Gasteiger partial charge on any atom is 0.127 e. The standard InChI is InChI=1S/C11H13N3O2/c1-15-7-3-4-10(16-2)8(5-7)9-6-13-14-11(9)12/h3-6H,1-2H3,(H3,12,13,14). The van der Waals surface area contributed by atoms with Crippen molar-refractivity contribution in [2.75, 3.05) is 20.0 Å². The number of H-pyrrole nitrogens is 1. The monoisotopic (exact) mass is 219 g/mol. The van der Waals surface area contributed by atoms with Gasteiger partial charge in [-0.25, -0.2) is 0 Å². The van der Waals surface area contributed by atoms with Gasteiger partial charge in [-0.15, -0.1) is 0 Å². The average Bonchev–Trinajstić information content (AvgIpc) is 2.74. The van der Waals surface area contributed by atoms with Crippen LogP contribution in [0.3, 0.4) is 0 Å². The Hall–Kier alpha value is -2.17. The molecule has 5 heteroatoms. The van der Waals surface area contributed by atoms with Gasteiger partial charge in [-0.2, -0.15) is 5.10 Å². The number of nitrogen functional groups attached to an aromatic ring is 1. The fourth-order valence-corrected chi connectivity index (χ4v) is 1.54. The van der Waals surface area contributed by atoms with E-state index in [9.17, 15) is 0 Å². The van der Waals surface area contributed by atoms with Crippen molar-refractivity contribution >= 4 is 5.82 Å². The lowest BCUT2D eigenvalue weighted by Gasteiger charge is -2.09. The van der Waals surface area contributed by atoms with Crippen LogP contribution >= 0.6 is 0 Å². The average molecular weight is 219 g/mol. The van der Waals surface area contributed by atoms with Gasteiger partial charge in [-0.3, -0.25) is 5.10 Å². The molecule has 0 radical (unpaired) electrons. The van der Waals surface area contributed by atoms with Crippen LogP contribution in [0.5, 0.6) is 11.5 Å². The van der Waals surface area contributed by atoms with Gasteiger partial charge >= 0.3 is 0 Å². The van der Waals surface area contributed by atoms with Crippen LogP contribution in [-0.2, 0) is 0 Å². The number of ether oxygens (including phenoxy) is 2. The molecular weight excluding hydrogens is 206 g/mol. The summed E-state index contributed by atoms with van der Waals surface area (Å²) in [5.74, 6) is 1.98. The third-order valence-electron chi connectivity index (χ3n) is 2.37. The Morgan fingerprint density at radius 2 is 2.00 bits per heavy atom. The number of anilines is 1. The van der Waals surface area contributed by atoms with E-state index in [1.165, 1.54) is 0 Å². The van der Waals surface area contributed by atoms with E-state index in [1.54, 1.807) is 20.4 Å². The van der Waals surface area contributed by atoms with Crippen LogP contribution < -0.4 is 15.2 Å². The minimum Gasteiger partial charge on any atom is -0.497 e. The number of hydrogen-bond acceptors (Lipinski definition) is 4. The second kappa shape index (κ2) is 4.14. The van der Waals surface area contributed by atoms with E-state index in [2.05, 4.69) is 10.2 Å². The van der Waals surface area contributed by atoms with Gasteiger partial charge in [0.25, 0.3) is 0 Å². The number of rotatable bonds is 3. The van der Waals surface area contributed by atoms with E-state index in [4.69, 9.17) is 15.2 Å². The number of methoxy groups -OCH3 is 2. The highest BCUT2D eigenvalue weighted by molar-refractivity contribution is 5.78. The van der Waals surface area contributed by atoms with E-state index >= 15 is 0 Å². The highest BCUT2D eigenvalue weighted by Crippen LogP contribution is 2.35. The SMILES string of the molecule is COc1ccc(OC)c(-c2cn[nH]c2N)c1. The number of aromatic amines is 1. The van der Waals surface area contributed by atoms with Crippen molar-refractivity contribution in [1.82, 2.24) is 10.2 Å². The summed E-state index contributed by atoms with van der Waals surface area (Å²) < 4.78 is 10.4. The quantitative estimate of drug-likeness (QED) is 0.823. The van der Waals surface area contributed by atoms with Crippen LogP contribution in [0.25, 0.3) is 11.1 Å². The summed E-state index contributed by atoms with van der Waals surface area (Å²) in [6, 6.07) is 5.53. The highest BCUT2D eigenvalue weighted by atomic mass is 16.5. The van der Waals surface area contributed by atoms with Crippen molar-refractivity contribution in [1.29, 1.82) is 0 Å². The van der Waals surface area contributed by atoms with E-state index in [1.807, 2.05) is 18.2 Å². The smallest absolute Gasteiger partial charge is 0.127 e. The van der Waals surface area contributed by atoms with Gasteiger partial charge in [-0.05, 0) is 18.2 Å². The zero-order chi connectivity index (χ0) is 11.5. The molecule has 1 heterocycles. The third-order valence-corrected chi connectivity index (χ3v) is 2.37. The minimum absolute atomic E-state index is 0.506. The van der Waals surface area contributed by atoms with Gasteiger partial charge in [0, 0.05) is 11.1 Å². The third kappa shape index (κ3) is 1.67. The van der Waals surface area contributed by atoms with E-state index in [0.717, 1.165) is 22.6 Å². The van der Waals surface area contributed by atoms with Crippen molar-refractivity contribution in [2.24, 2.45) is 0 Å². The molecule has 0 fully saturated rings. The summed E-state index contributed by atoms with van der Waals surface area (Å²) in [5, 5.41) is 6.57. The molecule has 0 atom stereocenters. The molecule has 1 aromatic heterocycles. The number of aromatic nitrogens is 2. The first kappa shape index (κ1) is 10.4. The van der Waals surface area contributed by atoms with E-state index < -0.39 is 0 Å². The lowest BCUT2D eigenvalue weighted by Crippen LogP contribution is -1.92. The molecule has 16 heavy (non-hydrogen) atoms. The minimum atomic E-state index is 0.506. The predicted octanol–water partition coefficient (Wildman–Crippen LogP) is 1.68. The largest absolute Gasteiger partial charge is 0.497 e.